The SMILES string of the molecule is C=CCN(CCC)C(=O)[C@@H]1[C@@H]2CCC3(S2)C(C(=O)N(CC=C)c2cc(C)ccc2C)N([C@@H](CC)CO)C(=O)[C@H]13. The normalized spacial score (nSPS) is 27.8. The Bertz CT molecular complexity index is 1130. The molecule has 3 aliphatic heterocycles. The van der Waals surface area contributed by atoms with E-state index in [1.165, 1.54) is 0 Å². The average molecular weight is 554 g/mol. The Morgan fingerprint density at radius 3 is 2.54 bits per heavy atom. The first-order chi connectivity index (χ1) is 18.7. The molecule has 39 heavy (non-hydrogen) atoms. The minimum absolute atomic E-state index is 0.00386. The van der Waals surface area contributed by atoms with Crippen LogP contribution in [0, 0.1) is 25.7 Å². The number of amides is 3. The van der Waals surface area contributed by atoms with Crippen LogP contribution in [0.15, 0.2) is 43.5 Å². The van der Waals surface area contributed by atoms with E-state index in [0.717, 1.165) is 29.7 Å². The van der Waals surface area contributed by atoms with E-state index in [1.54, 1.807) is 33.7 Å². The lowest BCUT2D eigenvalue weighted by Crippen LogP contribution is -2.57. The second kappa shape index (κ2) is 11.9. The number of hydrogen-bond acceptors (Lipinski definition) is 5. The van der Waals surface area contributed by atoms with Crippen molar-refractivity contribution in [2.45, 2.75) is 75.5 Å². The number of carbonyl (C=O) groups is 3. The van der Waals surface area contributed by atoms with Gasteiger partial charge in [0.1, 0.15) is 6.04 Å². The maximum atomic E-state index is 14.7. The van der Waals surface area contributed by atoms with Crippen molar-refractivity contribution in [3.05, 3.63) is 54.6 Å². The number of thioether (sulfide) groups is 1. The zero-order valence-corrected chi connectivity index (χ0v) is 24.6. The molecular formula is C31H43N3O4S. The third-order valence-corrected chi connectivity index (χ3v) is 10.7. The van der Waals surface area contributed by atoms with Gasteiger partial charge in [-0.3, -0.25) is 14.4 Å². The van der Waals surface area contributed by atoms with Gasteiger partial charge in [0.2, 0.25) is 11.8 Å². The predicted molar refractivity (Wildman–Crippen MR) is 158 cm³/mol. The summed E-state index contributed by atoms with van der Waals surface area (Å²) in [7, 11) is 0. The van der Waals surface area contributed by atoms with Crippen molar-refractivity contribution in [2.24, 2.45) is 11.8 Å². The fourth-order valence-corrected chi connectivity index (χ4v) is 9.17. The third-order valence-electron chi connectivity index (χ3n) is 8.72. The number of hydrogen-bond donors (Lipinski definition) is 1. The van der Waals surface area contributed by atoms with Crippen LogP contribution in [0.4, 0.5) is 5.69 Å². The van der Waals surface area contributed by atoms with Crippen molar-refractivity contribution in [1.82, 2.24) is 9.80 Å². The number of rotatable bonds is 12. The monoisotopic (exact) mass is 553 g/mol. The van der Waals surface area contributed by atoms with Gasteiger partial charge in [-0.05, 0) is 56.7 Å². The van der Waals surface area contributed by atoms with Gasteiger partial charge in [-0.25, -0.2) is 0 Å². The van der Waals surface area contributed by atoms with Gasteiger partial charge in [0.05, 0.1) is 29.2 Å². The molecule has 1 N–H and O–H groups in total. The minimum atomic E-state index is -0.765. The standard InChI is InChI=1S/C31H43N3O4S/c1-7-15-32(16-8-2)28(36)25-24-13-14-31(39-24)26(25)29(37)34(22(10-4)19-35)27(31)30(38)33(17-9-3)23-18-20(5)11-12-21(23)6/h7,9,11-12,18,22,24-27,35H,1,3,8,10,13-17,19H2,2,4-6H3/t22-,24-,25+,26-,27?,31?/m0/s1. The summed E-state index contributed by atoms with van der Waals surface area (Å²) in [4.78, 5) is 48.2. The summed E-state index contributed by atoms with van der Waals surface area (Å²) in [6.45, 7) is 16.8. The first-order valence-electron chi connectivity index (χ1n) is 14.2. The predicted octanol–water partition coefficient (Wildman–Crippen LogP) is 4.11. The third kappa shape index (κ3) is 4.84. The summed E-state index contributed by atoms with van der Waals surface area (Å²) in [5.41, 5.74) is 2.80. The Balaban J connectivity index is 1.82. The van der Waals surface area contributed by atoms with Crippen LogP contribution in [-0.4, -0.2) is 80.9 Å². The molecule has 212 valence electrons. The summed E-state index contributed by atoms with van der Waals surface area (Å²) in [6, 6.07) is 4.76. The molecule has 3 saturated heterocycles. The largest absolute Gasteiger partial charge is 0.394 e. The summed E-state index contributed by atoms with van der Waals surface area (Å²) < 4.78 is -0.703. The number of aliphatic hydroxyl groups is 1. The van der Waals surface area contributed by atoms with Crippen LogP contribution >= 0.6 is 11.8 Å². The summed E-state index contributed by atoms with van der Waals surface area (Å²) in [5, 5.41) is 10.3. The lowest BCUT2D eigenvalue weighted by molar-refractivity contribution is -0.145. The molecule has 8 heteroatoms. The maximum Gasteiger partial charge on any atom is 0.251 e. The zero-order chi connectivity index (χ0) is 28.5. The molecule has 1 spiro atoms. The van der Waals surface area contributed by atoms with E-state index in [2.05, 4.69) is 13.2 Å². The Morgan fingerprint density at radius 2 is 1.92 bits per heavy atom. The smallest absolute Gasteiger partial charge is 0.251 e. The van der Waals surface area contributed by atoms with Crippen molar-refractivity contribution >= 4 is 35.2 Å². The summed E-state index contributed by atoms with van der Waals surface area (Å²) >= 11 is 1.67. The van der Waals surface area contributed by atoms with E-state index in [9.17, 15) is 19.5 Å². The number of carbonyl (C=O) groups excluding carboxylic acids is 3. The molecule has 1 aromatic rings. The molecule has 2 bridgehead atoms. The molecule has 4 rings (SSSR count). The molecule has 0 aliphatic carbocycles. The second-order valence-corrected chi connectivity index (χ2v) is 12.7. The average Bonchev–Trinajstić information content (AvgIpc) is 3.56. The van der Waals surface area contributed by atoms with Gasteiger partial charge in [0.15, 0.2) is 0 Å². The highest BCUT2D eigenvalue weighted by Gasteiger charge is 2.74. The molecule has 3 aliphatic rings. The van der Waals surface area contributed by atoms with Crippen molar-refractivity contribution < 1.29 is 19.5 Å². The number of fused-ring (bicyclic) bond motifs is 1. The van der Waals surface area contributed by atoms with Gasteiger partial charge < -0.3 is 19.8 Å². The molecule has 0 radical (unpaired) electrons. The van der Waals surface area contributed by atoms with Crippen molar-refractivity contribution in [3.8, 4) is 0 Å². The topological polar surface area (TPSA) is 81.2 Å². The first kappa shape index (κ1) is 29.4. The van der Waals surface area contributed by atoms with E-state index in [-0.39, 0.29) is 29.6 Å². The van der Waals surface area contributed by atoms with E-state index in [1.807, 2.05) is 50.8 Å². The van der Waals surface area contributed by atoms with Crippen LogP contribution < -0.4 is 4.90 Å². The lowest BCUT2D eigenvalue weighted by Gasteiger charge is -2.39. The molecule has 7 nitrogen and oxygen atoms in total. The van der Waals surface area contributed by atoms with Gasteiger partial charge in [0.25, 0.3) is 5.91 Å². The maximum absolute atomic E-state index is 14.7. The summed E-state index contributed by atoms with van der Waals surface area (Å²) in [6.07, 6.45) is 6.26. The van der Waals surface area contributed by atoms with Gasteiger partial charge in [0, 0.05) is 30.6 Å². The van der Waals surface area contributed by atoms with Crippen molar-refractivity contribution in [3.63, 3.8) is 0 Å². The number of aryl methyl sites for hydroxylation is 2. The van der Waals surface area contributed by atoms with E-state index >= 15 is 0 Å². The van der Waals surface area contributed by atoms with Crippen molar-refractivity contribution in [2.75, 3.05) is 31.1 Å². The highest BCUT2D eigenvalue weighted by atomic mass is 32.2. The number of benzene rings is 1. The quantitative estimate of drug-likeness (QED) is 0.394. The fourth-order valence-electron chi connectivity index (χ4n) is 6.98. The van der Waals surface area contributed by atoms with E-state index in [0.29, 0.717) is 32.5 Å². The van der Waals surface area contributed by atoms with Gasteiger partial charge in [-0.1, -0.05) is 38.1 Å². The van der Waals surface area contributed by atoms with Crippen LogP contribution in [0.25, 0.3) is 0 Å². The highest BCUT2D eigenvalue weighted by Crippen LogP contribution is 2.67. The fraction of sp³-hybridized carbons (Fsp3) is 0.581. The first-order valence-corrected chi connectivity index (χ1v) is 15.1. The molecule has 2 unspecified atom stereocenters. The molecule has 0 saturated carbocycles. The molecule has 1 aromatic carbocycles. The molecule has 3 fully saturated rings. The number of likely N-dealkylation sites (tertiary alicyclic amines) is 1. The molecule has 0 aromatic heterocycles. The second-order valence-electron chi connectivity index (χ2n) is 11.1. The molecule has 6 atom stereocenters. The van der Waals surface area contributed by atoms with Crippen LogP contribution in [0.1, 0.15) is 50.7 Å². The van der Waals surface area contributed by atoms with Gasteiger partial charge in [-0.15, -0.1) is 24.9 Å². The molecule has 3 heterocycles. The zero-order valence-electron chi connectivity index (χ0n) is 23.8. The van der Waals surface area contributed by atoms with E-state index in [4.69, 9.17) is 0 Å². The van der Waals surface area contributed by atoms with Crippen LogP contribution in [0.2, 0.25) is 0 Å². The number of aliphatic hydroxyl groups excluding tert-OH is 1. The Morgan fingerprint density at radius 1 is 1.21 bits per heavy atom. The van der Waals surface area contributed by atoms with Crippen LogP contribution in [0.5, 0.6) is 0 Å². The summed E-state index contributed by atoms with van der Waals surface area (Å²) in [5.74, 6) is -1.41. The van der Waals surface area contributed by atoms with Gasteiger partial charge >= 0.3 is 0 Å². The Kier molecular flexibility index (Phi) is 8.96. The van der Waals surface area contributed by atoms with Crippen molar-refractivity contribution in [1.29, 1.82) is 0 Å². The lowest BCUT2D eigenvalue weighted by atomic mass is 9.70. The number of anilines is 1. The Hall–Kier alpha value is -2.58. The highest BCUT2D eigenvalue weighted by molar-refractivity contribution is 8.02. The molecular weight excluding hydrogens is 510 g/mol. The van der Waals surface area contributed by atoms with E-state index < -0.39 is 28.7 Å². The molecule has 3 amide bonds. The van der Waals surface area contributed by atoms with Crippen LogP contribution in [-0.2, 0) is 14.4 Å². The number of nitrogens with zero attached hydrogens (tertiary/aromatic N) is 3. The van der Waals surface area contributed by atoms with Gasteiger partial charge in [-0.2, -0.15) is 0 Å². The Labute approximate surface area is 237 Å². The van der Waals surface area contributed by atoms with Crippen LogP contribution in [0.3, 0.4) is 0 Å². The minimum Gasteiger partial charge on any atom is -0.394 e.